The largest absolute Gasteiger partial charge is 0.472 e. The third kappa shape index (κ3) is 72.8. The Bertz CT molecular complexity index is 2600. The van der Waals surface area contributed by atoms with Gasteiger partial charge in [-0.2, -0.15) is 0 Å². The summed E-state index contributed by atoms with van der Waals surface area (Å²) in [6, 6.07) is 0. The second-order valence-electron chi connectivity index (χ2n) is 24.8. The van der Waals surface area contributed by atoms with E-state index in [4.69, 9.17) is 37.0 Å². The molecule has 0 aromatic heterocycles. The number of hydrogen-bond donors (Lipinski definition) is 3. The zero-order valence-electron chi connectivity index (χ0n) is 63.0. The van der Waals surface area contributed by atoms with Crippen molar-refractivity contribution in [2.24, 2.45) is 0 Å². The minimum atomic E-state index is -5.01. The van der Waals surface area contributed by atoms with Gasteiger partial charge in [0.1, 0.15) is 19.3 Å². The number of unbranched alkanes of at least 4 members (excludes halogenated alkanes) is 16. The molecule has 5 unspecified atom stereocenters. The summed E-state index contributed by atoms with van der Waals surface area (Å²) >= 11 is 0. The summed E-state index contributed by atoms with van der Waals surface area (Å²) in [5, 5.41) is 10.6. The van der Waals surface area contributed by atoms with Crippen molar-refractivity contribution in [1.29, 1.82) is 0 Å². The van der Waals surface area contributed by atoms with Crippen LogP contribution in [0, 0.1) is 0 Å². The molecule has 0 spiro atoms. The molecule has 0 saturated carbocycles. The number of aliphatic hydroxyl groups excluding tert-OH is 1. The first-order chi connectivity index (χ1) is 49.7. The molecule has 0 aromatic rings. The van der Waals surface area contributed by atoms with E-state index in [0.29, 0.717) is 32.1 Å². The highest BCUT2D eigenvalue weighted by molar-refractivity contribution is 7.47. The number of phosphoric acid groups is 2. The first-order valence-corrected chi connectivity index (χ1v) is 41.4. The Morgan fingerprint density at radius 2 is 0.520 bits per heavy atom. The monoisotopic (exact) mass is 1460 g/mol. The van der Waals surface area contributed by atoms with Crippen LogP contribution in [0.2, 0.25) is 0 Å². The number of allylic oxidation sites excluding steroid dienone is 28. The van der Waals surface area contributed by atoms with Gasteiger partial charge in [-0.25, -0.2) is 9.13 Å². The van der Waals surface area contributed by atoms with Crippen molar-refractivity contribution in [3.05, 3.63) is 170 Å². The van der Waals surface area contributed by atoms with E-state index in [1.165, 1.54) is 25.7 Å². The first-order valence-electron chi connectivity index (χ1n) is 38.4. The molecule has 0 fully saturated rings. The van der Waals surface area contributed by atoms with Crippen molar-refractivity contribution in [1.82, 2.24) is 0 Å². The Hall–Kier alpha value is -5.58. The van der Waals surface area contributed by atoms with Crippen molar-refractivity contribution in [2.75, 3.05) is 39.6 Å². The molecule has 0 aromatic carbocycles. The lowest BCUT2D eigenvalue weighted by molar-refractivity contribution is -0.161. The number of rotatable bonds is 70. The third-order valence-electron chi connectivity index (χ3n) is 15.2. The highest BCUT2D eigenvalue weighted by Gasteiger charge is 2.30. The normalized spacial score (nSPS) is 14.9. The number of carbonyl (C=O) groups is 4. The average Bonchev–Trinajstić information content (AvgIpc) is 0.959. The number of carbonyl (C=O) groups excluding carboxylic acids is 4. The molecule has 0 aliphatic heterocycles. The molecular weight excluding hydrogens is 1330 g/mol. The fourth-order valence-corrected chi connectivity index (χ4v) is 11.0. The summed E-state index contributed by atoms with van der Waals surface area (Å²) < 4.78 is 68.4. The Labute approximate surface area is 616 Å². The van der Waals surface area contributed by atoms with Crippen LogP contribution >= 0.6 is 15.6 Å². The smallest absolute Gasteiger partial charge is 0.462 e. The van der Waals surface area contributed by atoms with Crippen LogP contribution in [0.15, 0.2) is 170 Å². The molecule has 17 nitrogen and oxygen atoms in total. The van der Waals surface area contributed by atoms with Gasteiger partial charge in [-0.15, -0.1) is 0 Å². The Morgan fingerprint density at radius 1 is 0.284 bits per heavy atom. The molecule has 19 heteroatoms. The number of aliphatic hydroxyl groups is 1. The summed E-state index contributed by atoms with van der Waals surface area (Å²) in [7, 11) is -10.0. The summed E-state index contributed by atoms with van der Waals surface area (Å²) in [4.78, 5) is 72.9. The van der Waals surface area contributed by atoms with Crippen molar-refractivity contribution in [3.63, 3.8) is 0 Å². The molecule has 0 aliphatic carbocycles. The number of esters is 4. The SMILES string of the molecule is CC/C=C\C/C=C\C/C=C\C/C=C\C/C=C\CCCC(=O)OCC(COP(=O)(O)OCC(O)COP(=O)(O)OCC(COC(=O)CCCC/C=C\C/C=C\C/C=C\C/C=C\CC)OC(=O)CCCCCCC/C=C\CCCCCC)OC(=O)CCCCCC/C=C\C/C=C\C/C=C\C/C=C\CC. The van der Waals surface area contributed by atoms with Crippen LogP contribution in [0.1, 0.15) is 272 Å². The van der Waals surface area contributed by atoms with Gasteiger partial charge in [0.2, 0.25) is 0 Å². The third-order valence-corrected chi connectivity index (χ3v) is 17.1. The van der Waals surface area contributed by atoms with Gasteiger partial charge in [0.25, 0.3) is 0 Å². The number of hydrogen-bond acceptors (Lipinski definition) is 15. The summed E-state index contributed by atoms with van der Waals surface area (Å²) in [5.41, 5.74) is 0. The maximum atomic E-state index is 13.1. The second-order valence-corrected chi connectivity index (χ2v) is 27.7. The molecule has 578 valence electrons. The second kappa shape index (κ2) is 73.7. The van der Waals surface area contributed by atoms with E-state index in [2.05, 4.69) is 186 Å². The molecule has 0 heterocycles. The average molecular weight is 1470 g/mol. The van der Waals surface area contributed by atoms with Gasteiger partial charge in [0, 0.05) is 25.7 Å². The minimum absolute atomic E-state index is 0.0472. The van der Waals surface area contributed by atoms with Crippen LogP contribution in [0.3, 0.4) is 0 Å². The molecule has 0 saturated heterocycles. The van der Waals surface area contributed by atoms with Crippen molar-refractivity contribution in [2.45, 2.75) is 290 Å². The van der Waals surface area contributed by atoms with Gasteiger partial charge in [0.15, 0.2) is 12.2 Å². The molecule has 0 bridgehead atoms. The van der Waals surface area contributed by atoms with Gasteiger partial charge in [-0.3, -0.25) is 37.3 Å². The zero-order valence-corrected chi connectivity index (χ0v) is 64.8. The van der Waals surface area contributed by atoms with E-state index in [1.54, 1.807) is 0 Å². The minimum Gasteiger partial charge on any atom is -0.462 e. The van der Waals surface area contributed by atoms with Crippen LogP contribution in [-0.2, 0) is 65.4 Å². The van der Waals surface area contributed by atoms with Gasteiger partial charge >= 0.3 is 39.5 Å². The van der Waals surface area contributed by atoms with Crippen LogP contribution in [0.25, 0.3) is 0 Å². The predicted octanol–water partition coefficient (Wildman–Crippen LogP) is 22.2. The molecule has 3 N–H and O–H groups in total. The van der Waals surface area contributed by atoms with Gasteiger partial charge in [-0.05, 0) is 167 Å². The molecule has 0 rings (SSSR count). The summed E-state index contributed by atoms with van der Waals surface area (Å²) in [6.07, 6.45) is 86.4. The van der Waals surface area contributed by atoms with E-state index in [0.717, 1.165) is 161 Å². The van der Waals surface area contributed by atoms with Crippen LogP contribution < -0.4 is 0 Å². The van der Waals surface area contributed by atoms with Crippen LogP contribution in [-0.4, -0.2) is 96.7 Å². The Balaban J connectivity index is 5.49. The lowest BCUT2D eigenvalue weighted by Gasteiger charge is -2.21. The lowest BCUT2D eigenvalue weighted by Crippen LogP contribution is -2.30. The van der Waals surface area contributed by atoms with E-state index < -0.39 is 97.5 Å². The lowest BCUT2D eigenvalue weighted by atomic mass is 10.1. The fourth-order valence-electron chi connectivity index (χ4n) is 9.41. The van der Waals surface area contributed by atoms with E-state index in [9.17, 15) is 43.2 Å². The van der Waals surface area contributed by atoms with Gasteiger partial charge < -0.3 is 33.8 Å². The number of phosphoric ester groups is 2. The van der Waals surface area contributed by atoms with E-state index in [1.807, 2.05) is 12.2 Å². The topological polar surface area (TPSA) is 237 Å². The van der Waals surface area contributed by atoms with Crippen molar-refractivity contribution < 1.29 is 80.2 Å². The molecule has 0 amide bonds. The first kappa shape index (κ1) is 96.4. The number of ether oxygens (including phenoxy) is 4. The Kier molecular flexibility index (Phi) is 69.7. The van der Waals surface area contributed by atoms with E-state index in [-0.39, 0.29) is 25.7 Å². The van der Waals surface area contributed by atoms with Crippen molar-refractivity contribution >= 4 is 39.5 Å². The van der Waals surface area contributed by atoms with Crippen LogP contribution in [0.4, 0.5) is 0 Å². The molecular formula is C83H134O17P2. The quantitative estimate of drug-likeness (QED) is 0.0169. The predicted molar refractivity (Wildman–Crippen MR) is 417 cm³/mol. The molecule has 102 heavy (non-hydrogen) atoms. The molecule has 0 aliphatic rings. The van der Waals surface area contributed by atoms with Gasteiger partial charge in [-0.1, -0.05) is 249 Å². The summed E-state index contributed by atoms with van der Waals surface area (Å²) in [5.74, 6) is -2.34. The van der Waals surface area contributed by atoms with Crippen LogP contribution in [0.5, 0.6) is 0 Å². The highest BCUT2D eigenvalue weighted by atomic mass is 31.2. The molecule has 0 radical (unpaired) electrons. The van der Waals surface area contributed by atoms with Gasteiger partial charge in [0.05, 0.1) is 26.4 Å². The molecule has 5 atom stereocenters. The fraction of sp³-hybridized carbons (Fsp3) is 0.614. The zero-order chi connectivity index (χ0) is 74.6. The van der Waals surface area contributed by atoms with E-state index >= 15 is 0 Å². The Morgan fingerprint density at radius 3 is 0.853 bits per heavy atom. The maximum Gasteiger partial charge on any atom is 0.472 e. The van der Waals surface area contributed by atoms with Crippen molar-refractivity contribution in [3.8, 4) is 0 Å². The highest BCUT2D eigenvalue weighted by Crippen LogP contribution is 2.45. The maximum absolute atomic E-state index is 13.1. The summed E-state index contributed by atoms with van der Waals surface area (Å²) in [6.45, 7) is 4.34. The standard InChI is InChI=1S/C83H134O17P2/c1-5-9-13-17-21-25-29-33-36-38-41-45-48-52-56-60-64-68-81(86)94-74-79(100-83(88)70-66-62-58-54-50-46-42-39-37-34-30-26-22-18-14-10-6-2)76-98-102(91,92)96-72-77(84)71-95-101(89,90)97-75-78(99-82(87)69-65-61-57-53-49-43-32-28-24-20-16-12-8-4)73-93-80(85)67-63-59-55-51-47-44-40-35-31-27-23-19-15-11-7-3/h9-11,13-15,21-23,25-28,32-37,40-42,45-47,51-52,56,77-79,84H,5-8,12,16-20,24,29-31,38-39,43-44,48-50,53-55,57-76H2,1-4H3,(H,89,90)(H,91,92)/b13-9-,14-10-,15-11-,25-21-,26-22-,27-23-,32-28-,36-33-,37-34-,40-35-,45-41-,46-42-,51-47-,56-52-.